The Labute approximate surface area is 116 Å². The Morgan fingerprint density at radius 2 is 2.22 bits per heavy atom. The number of carbonyl (C=O) groups excluding carboxylic acids is 1. The molecular weight excluding hydrogens is 296 g/mol. The number of methoxy groups -OCH3 is 1. The Morgan fingerprint density at radius 3 is 2.72 bits per heavy atom. The van der Waals surface area contributed by atoms with E-state index in [0.717, 1.165) is 15.9 Å². The summed E-state index contributed by atoms with van der Waals surface area (Å²) in [6.45, 7) is 1.90. The minimum atomic E-state index is 0.0463. The zero-order chi connectivity index (χ0) is 13.7. The van der Waals surface area contributed by atoms with Crippen molar-refractivity contribution in [3.05, 3.63) is 22.7 Å². The maximum absolute atomic E-state index is 11.9. The highest BCUT2D eigenvalue weighted by molar-refractivity contribution is 9.10. The molecule has 0 fully saturated rings. The molecule has 0 aliphatic rings. The number of hydrogen-bond donors (Lipinski definition) is 1. The predicted octanol–water partition coefficient (Wildman–Crippen LogP) is 2.55. The number of nitrogens with zero attached hydrogens (tertiary/aromatic N) is 1. The van der Waals surface area contributed by atoms with Crippen LogP contribution >= 0.6 is 15.9 Å². The van der Waals surface area contributed by atoms with Crippen LogP contribution in [0.25, 0.3) is 0 Å². The number of hydrogen-bond acceptors (Lipinski definition) is 3. The monoisotopic (exact) mass is 314 g/mol. The van der Waals surface area contributed by atoms with E-state index in [4.69, 9.17) is 10.5 Å². The lowest BCUT2D eigenvalue weighted by Crippen LogP contribution is -2.28. The van der Waals surface area contributed by atoms with Gasteiger partial charge in [-0.05, 0) is 47.5 Å². The fraction of sp³-hybridized carbons (Fsp3) is 0.462. The molecule has 100 valence electrons. The van der Waals surface area contributed by atoms with Crippen molar-refractivity contribution < 1.29 is 9.53 Å². The average molecular weight is 315 g/mol. The third-order valence-electron chi connectivity index (χ3n) is 2.71. The molecule has 0 radical (unpaired) electrons. The van der Waals surface area contributed by atoms with Crippen LogP contribution < -0.4 is 15.4 Å². The molecule has 0 bridgehead atoms. The molecule has 0 aromatic heterocycles. The van der Waals surface area contributed by atoms with E-state index in [-0.39, 0.29) is 11.9 Å². The minimum absolute atomic E-state index is 0.0463. The summed E-state index contributed by atoms with van der Waals surface area (Å²) < 4.78 is 5.98. The van der Waals surface area contributed by atoms with Crippen LogP contribution in [0.4, 0.5) is 5.69 Å². The molecular formula is C13H19BrN2O2. The van der Waals surface area contributed by atoms with Gasteiger partial charge in [0, 0.05) is 25.2 Å². The second-order valence-corrected chi connectivity index (χ2v) is 5.14. The molecule has 0 saturated carbocycles. The Morgan fingerprint density at radius 1 is 1.56 bits per heavy atom. The van der Waals surface area contributed by atoms with Crippen LogP contribution in [0.15, 0.2) is 22.7 Å². The van der Waals surface area contributed by atoms with E-state index in [1.54, 1.807) is 19.1 Å². The number of anilines is 1. The summed E-state index contributed by atoms with van der Waals surface area (Å²) in [4.78, 5) is 13.6. The molecule has 4 nitrogen and oxygen atoms in total. The Balaban J connectivity index is 2.74. The standard InChI is InChI=1S/C13H19BrN2O2/c1-9(15)4-7-13(17)16(2)10-5-6-12(18-3)11(14)8-10/h5-6,8-9H,4,7,15H2,1-3H3. The van der Waals surface area contributed by atoms with Crippen molar-refractivity contribution in [3.8, 4) is 5.75 Å². The lowest BCUT2D eigenvalue weighted by atomic mass is 10.2. The molecule has 2 N–H and O–H groups in total. The lowest BCUT2D eigenvalue weighted by Gasteiger charge is -2.19. The van der Waals surface area contributed by atoms with Crippen LogP contribution in [0.1, 0.15) is 19.8 Å². The van der Waals surface area contributed by atoms with Gasteiger partial charge in [0.15, 0.2) is 0 Å². The third kappa shape index (κ3) is 3.99. The molecule has 1 aromatic rings. The number of amides is 1. The fourth-order valence-corrected chi connectivity index (χ4v) is 2.06. The molecule has 0 heterocycles. The predicted molar refractivity (Wildman–Crippen MR) is 77.0 cm³/mol. The number of nitrogens with two attached hydrogens (primary N) is 1. The van der Waals surface area contributed by atoms with Gasteiger partial charge < -0.3 is 15.4 Å². The summed E-state index contributed by atoms with van der Waals surface area (Å²) in [6, 6.07) is 5.59. The first-order valence-electron chi connectivity index (χ1n) is 5.81. The third-order valence-corrected chi connectivity index (χ3v) is 3.33. The smallest absolute Gasteiger partial charge is 0.226 e. The first-order valence-corrected chi connectivity index (χ1v) is 6.60. The molecule has 0 spiro atoms. The van der Waals surface area contributed by atoms with Gasteiger partial charge in [-0.25, -0.2) is 0 Å². The van der Waals surface area contributed by atoms with Crippen molar-refractivity contribution >= 4 is 27.5 Å². The van der Waals surface area contributed by atoms with E-state index in [0.29, 0.717) is 12.8 Å². The summed E-state index contributed by atoms with van der Waals surface area (Å²) in [5.41, 5.74) is 6.48. The molecule has 0 aliphatic carbocycles. The van der Waals surface area contributed by atoms with Crippen LogP contribution in [0, 0.1) is 0 Å². The number of ether oxygens (including phenoxy) is 1. The van der Waals surface area contributed by atoms with Crippen molar-refractivity contribution in [3.63, 3.8) is 0 Å². The van der Waals surface area contributed by atoms with E-state index < -0.39 is 0 Å². The van der Waals surface area contributed by atoms with Gasteiger partial charge in [-0.3, -0.25) is 4.79 Å². The Hall–Kier alpha value is -1.07. The van der Waals surface area contributed by atoms with Gasteiger partial charge >= 0.3 is 0 Å². The topological polar surface area (TPSA) is 55.6 Å². The Bertz CT molecular complexity index is 421. The largest absolute Gasteiger partial charge is 0.496 e. The molecule has 1 aromatic carbocycles. The first kappa shape index (κ1) is 15.0. The van der Waals surface area contributed by atoms with Gasteiger partial charge in [0.1, 0.15) is 5.75 Å². The number of carbonyl (C=O) groups is 1. The second kappa shape index (κ2) is 6.75. The highest BCUT2D eigenvalue weighted by atomic mass is 79.9. The second-order valence-electron chi connectivity index (χ2n) is 4.29. The van der Waals surface area contributed by atoms with Gasteiger partial charge in [0.2, 0.25) is 5.91 Å². The highest BCUT2D eigenvalue weighted by Gasteiger charge is 2.13. The number of halogens is 1. The zero-order valence-electron chi connectivity index (χ0n) is 10.9. The van der Waals surface area contributed by atoms with Gasteiger partial charge in [-0.2, -0.15) is 0 Å². The summed E-state index contributed by atoms with van der Waals surface area (Å²) in [5, 5.41) is 0. The lowest BCUT2D eigenvalue weighted by molar-refractivity contribution is -0.118. The van der Waals surface area contributed by atoms with Crippen molar-refractivity contribution in [1.29, 1.82) is 0 Å². The molecule has 0 aliphatic heterocycles. The molecule has 1 amide bonds. The quantitative estimate of drug-likeness (QED) is 0.908. The van der Waals surface area contributed by atoms with Crippen molar-refractivity contribution in [2.45, 2.75) is 25.8 Å². The Kier molecular flexibility index (Phi) is 5.62. The van der Waals surface area contributed by atoms with Crippen LogP contribution in [0.3, 0.4) is 0 Å². The molecule has 18 heavy (non-hydrogen) atoms. The van der Waals surface area contributed by atoms with Crippen LogP contribution in [0.5, 0.6) is 5.75 Å². The molecule has 0 saturated heterocycles. The van der Waals surface area contributed by atoms with E-state index in [9.17, 15) is 4.79 Å². The highest BCUT2D eigenvalue weighted by Crippen LogP contribution is 2.29. The maximum atomic E-state index is 11.9. The summed E-state index contributed by atoms with van der Waals surface area (Å²) >= 11 is 3.40. The number of rotatable bonds is 5. The molecule has 1 rings (SSSR count). The zero-order valence-corrected chi connectivity index (χ0v) is 12.5. The van der Waals surface area contributed by atoms with Crippen LogP contribution in [0.2, 0.25) is 0 Å². The normalized spacial score (nSPS) is 12.1. The average Bonchev–Trinajstić information content (AvgIpc) is 2.34. The van der Waals surface area contributed by atoms with Gasteiger partial charge in [-0.15, -0.1) is 0 Å². The maximum Gasteiger partial charge on any atom is 0.226 e. The molecule has 5 heteroatoms. The summed E-state index contributed by atoms with van der Waals surface area (Å²) in [7, 11) is 3.37. The fourth-order valence-electron chi connectivity index (χ4n) is 1.53. The summed E-state index contributed by atoms with van der Waals surface area (Å²) in [6.07, 6.45) is 1.15. The molecule has 1 atom stereocenters. The van der Waals surface area contributed by atoms with Crippen molar-refractivity contribution in [2.24, 2.45) is 5.73 Å². The van der Waals surface area contributed by atoms with Gasteiger partial charge in [-0.1, -0.05) is 0 Å². The first-order chi connectivity index (χ1) is 8.45. The molecule has 1 unspecified atom stereocenters. The van der Waals surface area contributed by atoms with E-state index >= 15 is 0 Å². The number of benzene rings is 1. The SMILES string of the molecule is COc1ccc(N(C)C(=O)CCC(C)N)cc1Br. The van der Waals surface area contributed by atoms with Gasteiger partial charge in [0.25, 0.3) is 0 Å². The van der Waals surface area contributed by atoms with Crippen molar-refractivity contribution in [1.82, 2.24) is 0 Å². The van der Waals surface area contributed by atoms with Crippen LogP contribution in [-0.4, -0.2) is 26.1 Å². The van der Waals surface area contributed by atoms with E-state index in [1.807, 2.05) is 25.1 Å². The van der Waals surface area contributed by atoms with E-state index in [1.165, 1.54) is 0 Å². The summed E-state index contributed by atoms with van der Waals surface area (Å²) in [5.74, 6) is 0.805. The van der Waals surface area contributed by atoms with E-state index in [2.05, 4.69) is 15.9 Å². The van der Waals surface area contributed by atoms with Crippen LogP contribution in [-0.2, 0) is 4.79 Å². The van der Waals surface area contributed by atoms with Gasteiger partial charge in [0.05, 0.1) is 11.6 Å². The van der Waals surface area contributed by atoms with Crippen molar-refractivity contribution in [2.75, 3.05) is 19.1 Å². The minimum Gasteiger partial charge on any atom is -0.496 e.